The van der Waals surface area contributed by atoms with Crippen LogP contribution in [0.4, 0.5) is 0 Å². The molecule has 2 aliphatic rings. The van der Waals surface area contributed by atoms with Gasteiger partial charge in [-0.2, -0.15) is 4.98 Å². The number of nitrogens with two attached hydrogens (primary N) is 1. The lowest BCUT2D eigenvalue weighted by molar-refractivity contribution is -0.133. The summed E-state index contributed by atoms with van der Waals surface area (Å²) in [6.45, 7) is 3.17. The van der Waals surface area contributed by atoms with E-state index < -0.39 is 6.04 Å². The molecule has 1 amide bonds. The number of carbonyl (C=O) groups is 1. The van der Waals surface area contributed by atoms with Crippen molar-refractivity contribution < 1.29 is 9.32 Å². The fourth-order valence-electron chi connectivity index (χ4n) is 2.59. The van der Waals surface area contributed by atoms with E-state index >= 15 is 0 Å². The minimum atomic E-state index is -0.439. The van der Waals surface area contributed by atoms with Gasteiger partial charge in [0.2, 0.25) is 11.8 Å². The van der Waals surface area contributed by atoms with Crippen LogP contribution in [0.25, 0.3) is 0 Å². The molecule has 3 rings (SSSR count). The molecule has 1 aromatic heterocycles. The zero-order valence-corrected chi connectivity index (χ0v) is 11.2. The molecule has 6 heteroatoms. The van der Waals surface area contributed by atoms with Crippen LogP contribution in [0.1, 0.15) is 56.2 Å². The molecule has 1 saturated carbocycles. The first kappa shape index (κ1) is 12.6. The molecule has 1 unspecified atom stereocenters. The maximum atomic E-state index is 11.9. The Kier molecular flexibility index (Phi) is 3.26. The first-order valence-corrected chi connectivity index (χ1v) is 7.03. The van der Waals surface area contributed by atoms with Gasteiger partial charge in [0.15, 0.2) is 5.82 Å². The van der Waals surface area contributed by atoms with Crippen molar-refractivity contribution in [3.05, 3.63) is 11.7 Å². The number of likely N-dealkylation sites (tertiary alicyclic amines) is 1. The van der Waals surface area contributed by atoms with Crippen LogP contribution in [-0.2, 0) is 4.79 Å². The number of amides is 1. The van der Waals surface area contributed by atoms with Crippen LogP contribution in [0.5, 0.6) is 0 Å². The van der Waals surface area contributed by atoms with Crippen molar-refractivity contribution in [2.45, 2.75) is 50.5 Å². The second-order valence-electron chi connectivity index (χ2n) is 5.68. The lowest BCUT2D eigenvalue weighted by atomic mass is 9.97. The normalized spacial score (nSPS) is 25.4. The van der Waals surface area contributed by atoms with E-state index in [2.05, 4.69) is 10.1 Å². The van der Waals surface area contributed by atoms with Crippen LogP contribution < -0.4 is 5.73 Å². The summed E-state index contributed by atoms with van der Waals surface area (Å²) < 4.78 is 5.30. The molecular formula is C13H20N4O2. The molecule has 2 N–H and O–H groups in total. The Labute approximate surface area is 112 Å². The molecule has 1 saturated heterocycles. The zero-order valence-electron chi connectivity index (χ0n) is 11.2. The van der Waals surface area contributed by atoms with Gasteiger partial charge in [-0.15, -0.1) is 0 Å². The highest BCUT2D eigenvalue weighted by atomic mass is 16.5. The number of rotatable bonds is 3. The Morgan fingerprint density at radius 3 is 2.89 bits per heavy atom. The van der Waals surface area contributed by atoms with Crippen molar-refractivity contribution in [1.82, 2.24) is 15.0 Å². The van der Waals surface area contributed by atoms with E-state index in [9.17, 15) is 4.79 Å². The smallest absolute Gasteiger partial charge is 0.239 e. The van der Waals surface area contributed by atoms with Gasteiger partial charge >= 0.3 is 0 Å². The van der Waals surface area contributed by atoms with E-state index in [1.54, 1.807) is 6.92 Å². The molecule has 19 heavy (non-hydrogen) atoms. The summed E-state index contributed by atoms with van der Waals surface area (Å²) in [6, 6.07) is -0.439. The molecule has 0 aromatic carbocycles. The van der Waals surface area contributed by atoms with Gasteiger partial charge in [-0.25, -0.2) is 0 Å². The van der Waals surface area contributed by atoms with Crippen molar-refractivity contribution in [3.63, 3.8) is 0 Å². The Bertz CT molecular complexity index is 467. The minimum absolute atomic E-state index is 0.00983. The summed E-state index contributed by atoms with van der Waals surface area (Å²) in [5.41, 5.74) is 5.66. The first-order valence-electron chi connectivity index (χ1n) is 7.03. The van der Waals surface area contributed by atoms with Gasteiger partial charge in [0.1, 0.15) is 0 Å². The first-order chi connectivity index (χ1) is 9.15. The van der Waals surface area contributed by atoms with Crippen molar-refractivity contribution in [2.24, 2.45) is 5.73 Å². The van der Waals surface area contributed by atoms with Gasteiger partial charge in [-0.3, -0.25) is 4.79 Å². The summed E-state index contributed by atoms with van der Waals surface area (Å²) in [7, 11) is 0. The molecule has 2 fully saturated rings. The monoisotopic (exact) mass is 264 g/mol. The lowest BCUT2D eigenvalue weighted by Crippen LogP contribution is -2.46. The van der Waals surface area contributed by atoms with E-state index in [4.69, 9.17) is 10.3 Å². The number of piperidine rings is 1. The largest absolute Gasteiger partial charge is 0.341 e. The summed E-state index contributed by atoms with van der Waals surface area (Å²) in [5, 5.41) is 4.08. The van der Waals surface area contributed by atoms with E-state index in [-0.39, 0.29) is 11.8 Å². The highest BCUT2D eigenvalue weighted by molar-refractivity contribution is 5.81. The number of carbonyl (C=O) groups excluding carboxylic acids is 1. The van der Waals surface area contributed by atoms with Crippen molar-refractivity contribution in [2.75, 3.05) is 13.1 Å². The molecule has 6 nitrogen and oxygen atoms in total. The second kappa shape index (κ2) is 4.92. The zero-order chi connectivity index (χ0) is 13.4. The average molecular weight is 264 g/mol. The number of hydrogen-bond acceptors (Lipinski definition) is 5. The van der Waals surface area contributed by atoms with Crippen molar-refractivity contribution in [3.8, 4) is 0 Å². The lowest BCUT2D eigenvalue weighted by Gasteiger charge is -2.32. The van der Waals surface area contributed by atoms with Crippen molar-refractivity contribution in [1.29, 1.82) is 0 Å². The highest BCUT2D eigenvalue weighted by Gasteiger charge is 2.33. The Morgan fingerprint density at radius 2 is 2.21 bits per heavy atom. The summed E-state index contributed by atoms with van der Waals surface area (Å²) in [5.74, 6) is 2.20. The van der Waals surface area contributed by atoms with Crippen LogP contribution in [0.2, 0.25) is 0 Å². The number of nitrogens with zero attached hydrogens (tertiary/aromatic N) is 3. The van der Waals surface area contributed by atoms with E-state index in [1.165, 1.54) is 0 Å². The van der Waals surface area contributed by atoms with Gasteiger partial charge in [0.25, 0.3) is 0 Å². The standard InChI is InChI=1S/C13H20N4O2/c1-8(14)13(18)17-6-2-3-10(7-17)11-15-12(19-16-11)9-4-5-9/h8-10H,2-7,14H2,1H3/t8-,10?/m1/s1. The van der Waals surface area contributed by atoms with Crippen LogP contribution in [0, 0.1) is 0 Å². The highest BCUT2D eigenvalue weighted by Crippen LogP contribution is 2.39. The summed E-state index contributed by atoms with van der Waals surface area (Å²) in [4.78, 5) is 18.2. The summed E-state index contributed by atoms with van der Waals surface area (Å²) in [6.07, 6.45) is 4.28. The van der Waals surface area contributed by atoms with E-state index in [0.29, 0.717) is 12.5 Å². The van der Waals surface area contributed by atoms with Gasteiger partial charge in [0.05, 0.1) is 6.04 Å². The van der Waals surface area contributed by atoms with E-state index in [0.717, 1.165) is 43.9 Å². The van der Waals surface area contributed by atoms with Gasteiger partial charge in [-0.05, 0) is 32.6 Å². The molecule has 0 radical (unpaired) electrons. The SMILES string of the molecule is C[C@@H](N)C(=O)N1CCCC(c2noc(C3CC3)n2)C1. The third-order valence-corrected chi connectivity index (χ3v) is 3.87. The van der Waals surface area contributed by atoms with Gasteiger partial charge < -0.3 is 15.2 Å². The Morgan fingerprint density at radius 1 is 1.42 bits per heavy atom. The molecule has 0 spiro atoms. The molecule has 2 atom stereocenters. The molecule has 1 aliphatic carbocycles. The van der Waals surface area contributed by atoms with Gasteiger partial charge in [0, 0.05) is 24.9 Å². The van der Waals surface area contributed by atoms with Crippen molar-refractivity contribution >= 4 is 5.91 Å². The molecule has 104 valence electrons. The number of hydrogen-bond donors (Lipinski definition) is 1. The maximum absolute atomic E-state index is 11.9. The fraction of sp³-hybridized carbons (Fsp3) is 0.769. The molecule has 2 heterocycles. The minimum Gasteiger partial charge on any atom is -0.341 e. The Balaban J connectivity index is 1.68. The number of aromatic nitrogens is 2. The molecule has 0 bridgehead atoms. The molecule has 1 aromatic rings. The quantitative estimate of drug-likeness (QED) is 0.880. The van der Waals surface area contributed by atoms with E-state index in [1.807, 2.05) is 4.90 Å². The third kappa shape index (κ3) is 2.63. The molecular weight excluding hydrogens is 244 g/mol. The fourth-order valence-corrected chi connectivity index (χ4v) is 2.59. The average Bonchev–Trinajstić information content (AvgIpc) is 3.15. The predicted molar refractivity (Wildman–Crippen MR) is 68.5 cm³/mol. The predicted octanol–water partition coefficient (Wildman–Crippen LogP) is 1.00. The van der Waals surface area contributed by atoms with Crippen LogP contribution in [-0.4, -0.2) is 40.1 Å². The maximum Gasteiger partial charge on any atom is 0.239 e. The second-order valence-corrected chi connectivity index (χ2v) is 5.68. The van der Waals surface area contributed by atoms with Gasteiger partial charge in [-0.1, -0.05) is 5.16 Å². The van der Waals surface area contributed by atoms with Crippen LogP contribution in [0.15, 0.2) is 4.52 Å². The topological polar surface area (TPSA) is 85.3 Å². The summed E-state index contributed by atoms with van der Waals surface area (Å²) >= 11 is 0. The Hall–Kier alpha value is -1.43. The molecule has 1 aliphatic heterocycles. The van der Waals surface area contributed by atoms with Crippen LogP contribution >= 0.6 is 0 Å². The third-order valence-electron chi connectivity index (χ3n) is 3.87. The van der Waals surface area contributed by atoms with Crippen LogP contribution in [0.3, 0.4) is 0 Å².